The van der Waals surface area contributed by atoms with Gasteiger partial charge in [-0.3, -0.25) is 0 Å². The lowest BCUT2D eigenvalue weighted by molar-refractivity contribution is 0.244. The molecule has 1 N–H and O–H groups in total. The summed E-state index contributed by atoms with van der Waals surface area (Å²) in [5.74, 6) is 0. The summed E-state index contributed by atoms with van der Waals surface area (Å²) >= 11 is 0. The molecule has 2 heteroatoms. The van der Waals surface area contributed by atoms with E-state index >= 15 is 0 Å². The van der Waals surface area contributed by atoms with E-state index in [1.165, 1.54) is 0 Å². The van der Waals surface area contributed by atoms with Crippen molar-refractivity contribution in [1.82, 2.24) is 0 Å². The van der Waals surface area contributed by atoms with E-state index in [0.29, 0.717) is 0 Å². The normalized spacial score (nSPS) is 28.5. The standard InChI is InChI=1S/C3H6O2.CH4/c4-1-3-2-5-3;/h3-4H,1-2H2;1H4. The van der Waals surface area contributed by atoms with Gasteiger partial charge in [-0.1, -0.05) is 7.43 Å². The highest BCUT2D eigenvalue weighted by molar-refractivity contribution is 4.65. The minimum absolute atomic E-state index is 0. The first-order chi connectivity index (χ1) is 2.43. The van der Waals surface area contributed by atoms with Crippen LogP contribution in [0.25, 0.3) is 0 Å². The minimum Gasteiger partial charge on any atom is -0.394 e. The van der Waals surface area contributed by atoms with Gasteiger partial charge in [-0.25, -0.2) is 0 Å². The van der Waals surface area contributed by atoms with Crippen LogP contribution < -0.4 is 0 Å². The zero-order chi connectivity index (χ0) is 3.70. The summed E-state index contributed by atoms with van der Waals surface area (Å²) in [6.07, 6.45) is 0.190. The average molecular weight is 90.1 g/mol. The second-order valence-electron chi connectivity index (χ2n) is 1.14. The average Bonchev–Trinajstić information content (AvgIpc) is 2.12. The van der Waals surface area contributed by atoms with Gasteiger partial charge in [0.1, 0.15) is 6.10 Å². The van der Waals surface area contributed by atoms with Crippen molar-refractivity contribution >= 4 is 0 Å². The third kappa shape index (κ3) is 1.38. The molecule has 1 fully saturated rings. The first kappa shape index (κ1) is 5.92. The van der Waals surface area contributed by atoms with Gasteiger partial charge in [-0.05, 0) is 0 Å². The third-order valence-corrected chi connectivity index (χ3v) is 0.606. The van der Waals surface area contributed by atoms with Gasteiger partial charge < -0.3 is 9.84 Å². The van der Waals surface area contributed by atoms with Gasteiger partial charge in [0.2, 0.25) is 0 Å². The largest absolute Gasteiger partial charge is 0.394 e. The molecule has 1 unspecified atom stereocenters. The third-order valence-electron chi connectivity index (χ3n) is 0.606. The zero-order valence-corrected chi connectivity index (χ0v) is 2.85. The maximum atomic E-state index is 8.08. The van der Waals surface area contributed by atoms with Crippen LogP contribution in [0.2, 0.25) is 0 Å². The summed E-state index contributed by atoms with van der Waals surface area (Å²) in [5, 5.41) is 8.08. The quantitative estimate of drug-likeness (QED) is 0.460. The Labute approximate surface area is 37.7 Å². The van der Waals surface area contributed by atoms with Crippen molar-refractivity contribution in [3.63, 3.8) is 0 Å². The summed E-state index contributed by atoms with van der Waals surface area (Å²) in [6, 6.07) is 0. The zero-order valence-electron chi connectivity index (χ0n) is 2.85. The monoisotopic (exact) mass is 90.1 g/mol. The van der Waals surface area contributed by atoms with Crippen LogP contribution in [0.1, 0.15) is 7.43 Å². The molecule has 0 amide bonds. The van der Waals surface area contributed by atoms with Crippen molar-refractivity contribution in [1.29, 1.82) is 0 Å². The number of hydrogen-bond acceptors (Lipinski definition) is 2. The van der Waals surface area contributed by atoms with Crippen LogP contribution in [-0.4, -0.2) is 24.4 Å². The molecule has 1 rings (SSSR count). The Kier molecular flexibility index (Phi) is 2.13. The van der Waals surface area contributed by atoms with Crippen LogP contribution in [0.3, 0.4) is 0 Å². The highest BCUT2D eigenvalue weighted by Crippen LogP contribution is 2.04. The number of hydrogen-bond donors (Lipinski definition) is 1. The van der Waals surface area contributed by atoms with Gasteiger partial charge in [0.25, 0.3) is 0 Å². The van der Waals surface area contributed by atoms with E-state index in [9.17, 15) is 0 Å². The van der Waals surface area contributed by atoms with Gasteiger partial charge in [0, 0.05) is 0 Å². The van der Waals surface area contributed by atoms with Gasteiger partial charge in [-0.2, -0.15) is 0 Å². The second-order valence-corrected chi connectivity index (χ2v) is 1.14. The summed E-state index contributed by atoms with van der Waals surface area (Å²) in [5.41, 5.74) is 0. The minimum atomic E-state index is 0. The molecule has 1 atom stereocenters. The Hall–Kier alpha value is -0.0800. The highest BCUT2D eigenvalue weighted by Gasteiger charge is 2.19. The topological polar surface area (TPSA) is 32.8 Å². The van der Waals surface area contributed by atoms with E-state index in [4.69, 9.17) is 5.11 Å². The fourth-order valence-electron chi connectivity index (χ4n) is 0.173. The second kappa shape index (κ2) is 2.16. The van der Waals surface area contributed by atoms with Crippen LogP contribution in [-0.2, 0) is 4.74 Å². The first-order valence-electron chi connectivity index (χ1n) is 1.66. The lowest BCUT2D eigenvalue weighted by Gasteiger charge is -1.70. The van der Waals surface area contributed by atoms with Crippen LogP contribution in [0.5, 0.6) is 0 Å². The maximum absolute atomic E-state index is 8.08. The molecule has 1 heterocycles. The first-order valence-corrected chi connectivity index (χ1v) is 1.66. The predicted molar refractivity (Wildman–Crippen MR) is 23.6 cm³/mol. The van der Waals surface area contributed by atoms with Gasteiger partial charge in [0.05, 0.1) is 13.2 Å². The molecule has 1 aliphatic rings. The summed E-state index contributed by atoms with van der Waals surface area (Å²) < 4.78 is 4.61. The molecule has 2 nitrogen and oxygen atoms in total. The molecular weight excluding hydrogens is 80.0 g/mol. The molecule has 1 saturated heterocycles. The van der Waals surface area contributed by atoms with E-state index in [0.717, 1.165) is 6.61 Å². The van der Waals surface area contributed by atoms with Crippen molar-refractivity contribution in [3.05, 3.63) is 0 Å². The summed E-state index contributed by atoms with van der Waals surface area (Å²) in [4.78, 5) is 0. The molecule has 0 aromatic rings. The molecule has 0 spiro atoms. The molecule has 0 aromatic carbocycles. The fourth-order valence-corrected chi connectivity index (χ4v) is 0.173. The maximum Gasteiger partial charge on any atom is 0.104 e. The smallest absolute Gasteiger partial charge is 0.104 e. The fraction of sp³-hybridized carbons (Fsp3) is 1.00. The van der Waals surface area contributed by atoms with Crippen molar-refractivity contribution in [3.8, 4) is 0 Å². The van der Waals surface area contributed by atoms with Crippen LogP contribution in [0.15, 0.2) is 0 Å². The molecular formula is C4H10O2. The van der Waals surface area contributed by atoms with Crippen molar-refractivity contribution in [2.45, 2.75) is 13.5 Å². The van der Waals surface area contributed by atoms with E-state index in [1.54, 1.807) is 0 Å². The molecule has 0 bridgehead atoms. The lowest BCUT2D eigenvalue weighted by atomic mass is 10.5. The molecule has 38 valence electrons. The summed E-state index contributed by atoms with van der Waals surface area (Å²) in [6.45, 7) is 0.955. The lowest BCUT2D eigenvalue weighted by Crippen LogP contribution is -1.88. The summed E-state index contributed by atoms with van der Waals surface area (Å²) in [7, 11) is 0. The molecule has 0 aliphatic carbocycles. The number of aliphatic hydroxyl groups is 1. The SMILES string of the molecule is C.OCC1CO1. The molecule has 0 aromatic heterocycles. The van der Waals surface area contributed by atoms with Crippen LogP contribution in [0.4, 0.5) is 0 Å². The van der Waals surface area contributed by atoms with Crippen molar-refractivity contribution < 1.29 is 9.84 Å². The Morgan fingerprint density at radius 1 is 1.83 bits per heavy atom. The molecule has 0 radical (unpaired) electrons. The van der Waals surface area contributed by atoms with Crippen molar-refractivity contribution in [2.75, 3.05) is 13.2 Å². The number of ether oxygens (including phenoxy) is 1. The Morgan fingerprint density at radius 2 is 2.33 bits per heavy atom. The number of epoxide rings is 1. The molecule has 1 aliphatic heterocycles. The highest BCUT2D eigenvalue weighted by atomic mass is 16.6. The van der Waals surface area contributed by atoms with Gasteiger partial charge in [0.15, 0.2) is 0 Å². The Bertz CT molecular complexity index is 32.5. The molecule has 6 heavy (non-hydrogen) atoms. The van der Waals surface area contributed by atoms with Gasteiger partial charge in [-0.15, -0.1) is 0 Å². The number of rotatable bonds is 1. The van der Waals surface area contributed by atoms with Crippen LogP contribution in [0, 0.1) is 0 Å². The van der Waals surface area contributed by atoms with E-state index < -0.39 is 0 Å². The van der Waals surface area contributed by atoms with E-state index in [1.807, 2.05) is 0 Å². The van der Waals surface area contributed by atoms with Crippen LogP contribution >= 0.6 is 0 Å². The van der Waals surface area contributed by atoms with Crippen molar-refractivity contribution in [2.24, 2.45) is 0 Å². The predicted octanol–water partition coefficient (Wildman–Crippen LogP) is 0.0136. The van der Waals surface area contributed by atoms with E-state index in [2.05, 4.69) is 4.74 Å². The Morgan fingerprint density at radius 3 is 2.33 bits per heavy atom. The number of aliphatic hydroxyl groups excluding tert-OH is 1. The van der Waals surface area contributed by atoms with Gasteiger partial charge >= 0.3 is 0 Å². The van der Waals surface area contributed by atoms with E-state index in [-0.39, 0.29) is 20.1 Å². The Balaban J connectivity index is 0.000000250. The molecule has 0 saturated carbocycles.